The molecule has 0 atom stereocenters. The Morgan fingerprint density at radius 3 is 2.48 bits per heavy atom. The Balaban J connectivity index is 0.000000479. The van der Waals surface area contributed by atoms with Crippen LogP contribution in [0, 0.1) is 11.8 Å². The maximum Gasteiger partial charge on any atom is 0.490 e. The maximum absolute atomic E-state index is 12.9. The summed E-state index contributed by atoms with van der Waals surface area (Å²) in [6.45, 7) is 7.16. The topological polar surface area (TPSA) is 132 Å². The Kier molecular flexibility index (Phi) is 8.80. The Morgan fingerprint density at radius 1 is 1.30 bits per heavy atom. The van der Waals surface area contributed by atoms with Crippen molar-refractivity contribution >= 4 is 28.9 Å². The SMILES string of the molecule is CC#CCn1c(N2CCNCC2)nc2cnn(CC(=O)OCC)c(=O)c21.O=C(O)C(F)(F)F. The van der Waals surface area contributed by atoms with Gasteiger partial charge in [-0.2, -0.15) is 18.3 Å². The first kappa shape index (κ1) is 25.7. The predicted octanol–water partition coefficient (Wildman–Crippen LogP) is 0.222. The summed E-state index contributed by atoms with van der Waals surface area (Å²) in [6.07, 6.45) is -3.57. The Morgan fingerprint density at radius 2 is 1.94 bits per heavy atom. The molecular formula is C19H23F3N6O5. The van der Waals surface area contributed by atoms with E-state index in [9.17, 15) is 22.8 Å². The van der Waals surface area contributed by atoms with Crippen LogP contribution in [-0.4, -0.2) is 75.3 Å². The number of imidazole rings is 1. The Bertz CT molecular complexity index is 1110. The number of nitrogens with one attached hydrogen (secondary N) is 1. The van der Waals surface area contributed by atoms with Crippen LogP contribution in [0.1, 0.15) is 13.8 Å². The van der Waals surface area contributed by atoms with Crippen LogP contribution < -0.4 is 15.8 Å². The molecule has 0 spiro atoms. The van der Waals surface area contributed by atoms with Gasteiger partial charge in [0.1, 0.15) is 17.6 Å². The summed E-state index contributed by atoms with van der Waals surface area (Å²) in [4.78, 5) is 40.3. The molecule has 2 aromatic heterocycles. The van der Waals surface area contributed by atoms with Gasteiger partial charge in [0.15, 0.2) is 0 Å². The standard InChI is InChI=1S/C17H22N6O3.C2HF3O2/c1-3-5-8-22-15-13(20-17(22)21-9-6-18-7-10-21)11-19-23(16(15)25)12-14(24)26-4-2;3-2(4,5)1(6)7/h11,18H,4,6-10,12H2,1-2H3;(H,6,7). The van der Waals surface area contributed by atoms with E-state index in [0.29, 0.717) is 23.5 Å². The molecule has 3 rings (SSSR count). The minimum absolute atomic E-state index is 0.226. The van der Waals surface area contributed by atoms with Crippen molar-refractivity contribution in [2.24, 2.45) is 0 Å². The number of aromatic nitrogens is 4. The minimum atomic E-state index is -5.08. The van der Waals surface area contributed by atoms with E-state index >= 15 is 0 Å². The van der Waals surface area contributed by atoms with E-state index in [2.05, 4.69) is 32.1 Å². The zero-order valence-electron chi connectivity index (χ0n) is 18.0. The molecule has 0 amide bonds. The van der Waals surface area contributed by atoms with Crippen molar-refractivity contribution < 1.29 is 32.6 Å². The van der Waals surface area contributed by atoms with Crippen LogP contribution in [0.4, 0.5) is 19.1 Å². The summed E-state index contributed by atoms with van der Waals surface area (Å²) in [5.74, 6) is 3.31. The molecule has 0 bridgehead atoms. The second-order valence-electron chi connectivity index (χ2n) is 6.61. The molecule has 1 saturated heterocycles. The number of carbonyl (C=O) groups excluding carboxylic acids is 1. The first-order valence-electron chi connectivity index (χ1n) is 9.87. The van der Waals surface area contributed by atoms with Crippen LogP contribution in [-0.2, 0) is 27.4 Å². The molecule has 1 fully saturated rings. The van der Waals surface area contributed by atoms with Gasteiger partial charge in [0.25, 0.3) is 5.56 Å². The highest BCUT2D eigenvalue weighted by atomic mass is 19.4. The summed E-state index contributed by atoms with van der Waals surface area (Å²) in [5, 5.41) is 14.5. The molecule has 0 radical (unpaired) electrons. The number of hydrogen-bond acceptors (Lipinski definition) is 8. The minimum Gasteiger partial charge on any atom is -0.475 e. The highest BCUT2D eigenvalue weighted by Gasteiger charge is 2.38. The number of halogens is 3. The number of esters is 1. The molecule has 3 heterocycles. The number of ether oxygens (including phenoxy) is 1. The maximum atomic E-state index is 12.9. The fourth-order valence-corrected chi connectivity index (χ4v) is 2.93. The number of carbonyl (C=O) groups is 2. The fraction of sp³-hybridized carbons (Fsp3) is 0.526. The van der Waals surface area contributed by atoms with Gasteiger partial charge in [-0.15, -0.1) is 5.92 Å². The van der Waals surface area contributed by atoms with Gasteiger partial charge in [-0.1, -0.05) is 5.92 Å². The molecule has 33 heavy (non-hydrogen) atoms. The largest absolute Gasteiger partial charge is 0.490 e. The number of alkyl halides is 3. The third-order valence-corrected chi connectivity index (χ3v) is 4.37. The quantitative estimate of drug-likeness (QED) is 0.463. The van der Waals surface area contributed by atoms with Gasteiger partial charge in [0.05, 0.1) is 19.3 Å². The van der Waals surface area contributed by atoms with Gasteiger partial charge >= 0.3 is 18.1 Å². The van der Waals surface area contributed by atoms with Crippen LogP contribution >= 0.6 is 0 Å². The van der Waals surface area contributed by atoms with Gasteiger partial charge in [-0.25, -0.2) is 14.5 Å². The molecule has 2 N–H and O–H groups in total. The summed E-state index contributed by atoms with van der Waals surface area (Å²) >= 11 is 0. The molecule has 0 saturated carbocycles. The molecule has 0 unspecified atom stereocenters. The van der Waals surface area contributed by atoms with E-state index < -0.39 is 18.1 Å². The lowest BCUT2D eigenvalue weighted by atomic mass is 10.4. The van der Waals surface area contributed by atoms with Crippen LogP contribution in [0.15, 0.2) is 11.0 Å². The van der Waals surface area contributed by atoms with E-state index in [-0.39, 0.29) is 18.7 Å². The van der Waals surface area contributed by atoms with E-state index in [1.165, 1.54) is 6.20 Å². The van der Waals surface area contributed by atoms with Crippen molar-refractivity contribution in [1.82, 2.24) is 24.6 Å². The zero-order chi connectivity index (χ0) is 24.6. The first-order valence-corrected chi connectivity index (χ1v) is 9.87. The number of hydrogen-bond donors (Lipinski definition) is 2. The monoisotopic (exact) mass is 472 g/mol. The molecule has 1 aliphatic rings. The first-order chi connectivity index (χ1) is 15.6. The lowest BCUT2D eigenvalue weighted by Gasteiger charge is -2.28. The zero-order valence-corrected chi connectivity index (χ0v) is 18.0. The molecule has 0 aliphatic carbocycles. The average Bonchev–Trinajstić information content (AvgIpc) is 3.14. The van der Waals surface area contributed by atoms with Gasteiger partial charge in [-0.05, 0) is 13.8 Å². The number of piperazine rings is 1. The number of fused-ring (bicyclic) bond motifs is 1. The van der Waals surface area contributed by atoms with Crippen LogP contribution in [0.5, 0.6) is 0 Å². The van der Waals surface area contributed by atoms with Gasteiger partial charge in [0, 0.05) is 26.2 Å². The number of rotatable bonds is 5. The van der Waals surface area contributed by atoms with E-state index in [0.717, 1.165) is 30.9 Å². The molecular weight excluding hydrogens is 449 g/mol. The molecule has 180 valence electrons. The molecule has 11 nitrogen and oxygen atoms in total. The van der Waals surface area contributed by atoms with Crippen molar-refractivity contribution in [2.45, 2.75) is 33.1 Å². The second-order valence-corrected chi connectivity index (χ2v) is 6.61. The van der Waals surface area contributed by atoms with E-state index in [1.54, 1.807) is 13.8 Å². The Labute approximate surface area is 186 Å². The third kappa shape index (κ3) is 6.69. The van der Waals surface area contributed by atoms with E-state index in [4.69, 9.17) is 14.6 Å². The van der Waals surface area contributed by atoms with Gasteiger partial charge < -0.3 is 20.1 Å². The molecule has 1 aliphatic heterocycles. The molecule has 14 heteroatoms. The summed E-state index contributed by atoms with van der Waals surface area (Å²) in [5.41, 5.74) is 0.532. The summed E-state index contributed by atoms with van der Waals surface area (Å²) in [7, 11) is 0. The van der Waals surface area contributed by atoms with Crippen LogP contribution in [0.3, 0.4) is 0 Å². The highest BCUT2D eigenvalue weighted by Crippen LogP contribution is 2.20. The van der Waals surface area contributed by atoms with Gasteiger partial charge in [-0.3, -0.25) is 14.2 Å². The van der Waals surface area contributed by atoms with Crippen molar-refractivity contribution in [3.05, 3.63) is 16.6 Å². The normalized spacial score (nSPS) is 13.5. The molecule has 0 aromatic carbocycles. The lowest BCUT2D eigenvalue weighted by Crippen LogP contribution is -2.44. The average molecular weight is 472 g/mol. The van der Waals surface area contributed by atoms with Crippen molar-refractivity contribution in [3.8, 4) is 11.8 Å². The summed E-state index contributed by atoms with van der Waals surface area (Å²) < 4.78 is 39.6. The second kappa shape index (κ2) is 11.3. The van der Waals surface area contributed by atoms with Crippen molar-refractivity contribution in [2.75, 3.05) is 37.7 Å². The van der Waals surface area contributed by atoms with E-state index in [1.807, 2.05) is 4.57 Å². The number of carboxylic acid groups (broad SMARTS) is 1. The Hall–Kier alpha value is -3.60. The summed E-state index contributed by atoms with van der Waals surface area (Å²) in [6, 6.07) is 0. The van der Waals surface area contributed by atoms with Crippen LogP contribution in [0.2, 0.25) is 0 Å². The van der Waals surface area contributed by atoms with Crippen molar-refractivity contribution in [3.63, 3.8) is 0 Å². The van der Waals surface area contributed by atoms with Crippen molar-refractivity contribution in [1.29, 1.82) is 0 Å². The third-order valence-electron chi connectivity index (χ3n) is 4.37. The molecule has 2 aromatic rings. The smallest absolute Gasteiger partial charge is 0.475 e. The highest BCUT2D eigenvalue weighted by molar-refractivity contribution is 5.78. The lowest BCUT2D eigenvalue weighted by molar-refractivity contribution is -0.192. The number of aliphatic carboxylic acids is 1. The number of carboxylic acids is 1. The number of anilines is 1. The van der Waals surface area contributed by atoms with Gasteiger partial charge in [0.2, 0.25) is 5.95 Å². The fourth-order valence-electron chi connectivity index (χ4n) is 2.93. The predicted molar refractivity (Wildman–Crippen MR) is 111 cm³/mol. The number of nitrogens with zero attached hydrogens (tertiary/aromatic N) is 5. The van der Waals surface area contributed by atoms with Crippen LogP contribution in [0.25, 0.3) is 11.0 Å².